The Balaban J connectivity index is 1.56. The second kappa shape index (κ2) is 8.55. The lowest BCUT2D eigenvalue weighted by Gasteiger charge is -2.26. The molecule has 1 aliphatic rings. The van der Waals surface area contributed by atoms with E-state index in [2.05, 4.69) is 5.32 Å². The third-order valence-electron chi connectivity index (χ3n) is 5.38. The van der Waals surface area contributed by atoms with Crippen molar-refractivity contribution in [3.63, 3.8) is 0 Å². The molecule has 0 aliphatic carbocycles. The fourth-order valence-electron chi connectivity index (χ4n) is 3.66. The fraction of sp³-hybridized carbons (Fsp3) is 0.261. The molecule has 156 valence electrons. The maximum absolute atomic E-state index is 12.9. The Hall–Kier alpha value is -2.74. The quantitative estimate of drug-likeness (QED) is 0.683. The van der Waals surface area contributed by atoms with Crippen LogP contribution in [0.15, 0.2) is 65.6 Å². The van der Waals surface area contributed by atoms with Gasteiger partial charge in [-0.2, -0.15) is 4.31 Å². The monoisotopic (exact) mass is 424 g/mol. The highest BCUT2D eigenvalue weighted by atomic mass is 32.2. The molecule has 30 heavy (non-hydrogen) atoms. The Bertz CT molecular complexity index is 1180. The first-order chi connectivity index (χ1) is 14.5. The highest BCUT2D eigenvalue weighted by Crippen LogP contribution is 2.22. The third-order valence-corrected chi connectivity index (χ3v) is 7.28. The summed E-state index contributed by atoms with van der Waals surface area (Å²) in [5.41, 5.74) is 2.10. The molecule has 1 aliphatic heterocycles. The predicted octanol–water partition coefficient (Wildman–Crippen LogP) is 3.10. The van der Waals surface area contributed by atoms with E-state index >= 15 is 0 Å². The van der Waals surface area contributed by atoms with Crippen LogP contribution in [0.1, 0.15) is 21.5 Å². The highest BCUT2D eigenvalue weighted by molar-refractivity contribution is 7.89. The zero-order valence-electron chi connectivity index (χ0n) is 16.8. The highest BCUT2D eigenvalue weighted by Gasteiger charge is 2.27. The van der Waals surface area contributed by atoms with Crippen molar-refractivity contribution in [1.82, 2.24) is 9.62 Å². The molecular weight excluding hydrogens is 400 g/mol. The van der Waals surface area contributed by atoms with Crippen LogP contribution in [0.2, 0.25) is 0 Å². The second-order valence-electron chi connectivity index (χ2n) is 7.31. The summed E-state index contributed by atoms with van der Waals surface area (Å²) in [6, 6.07) is 18.7. The number of sulfonamides is 1. The van der Waals surface area contributed by atoms with Gasteiger partial charge >= 0.3 is 0 Å². The Labute approximate surface area is 176 Å². The van der Waals surface area contributed by atoms with Gasteiger partial charge in [-0.25, -0.2) is 8.42 Å². The van der Waals surface area contributed by atoms with Crippen LogP contribution in [-0.4, -0.2) is 44.9 Å². The van der Waals surface area contributed by atoms with Gasteiger partial charge in [0.25, 0.3) is 5.91 Å². The number of benzene rings is 3. The molecular formula is C23H24N2O4S. The van der Waals surface area contributed by atoms with E-state index in [-0.39, 0.29) is 10.8 Å². The molecule has 1 saturated heterocycles. The molecule has 4 rings (SSSR count). The molecule has 3 aromatic carbocycles. The molecule has 0 aromatic heterocycles. The minimum atomic E-state index is -3.66. The average molecular weight is 425 g/mol. The van der Waals surface area contributed by atoms with Crippen LogP contribution in [0.25, 0.3) is 10.8 Å². The minimum Gasteiger partial charge on any atom is -0.379 e. The zero-order valence-corrected chi connectivity index (χ0v) is 17.6. The minimum absolute atomic E-state index is 0.130. The van der Waals surface area contributed by atoms with Crippen LogP contribution in [0.4, 0.5) is 0 Å². The van der Waals surface area contributed by atoms with E-state index in [4.69, 9.17) is 4.74 Å². The standard InChI is InChI=1S/C23H24N2O4S/c1-17-9-10-20(30(27,28)25-11-13-29-14-12-25)15-22(17)23(26)24-16-19-7-4-6-18-5-2-3-8-21(18)19/h2-10,15H,11-14,16H2,1H3,(H,24,26). The van der Waals surface area contributed by atoms with Gasteiger partial charge < -0.3 is 10.1 Å². The SMILES string of the molecule is Cc1ccc(S(=O)(=O)N2CCOCC2)cc1C(=O)NCc1cccc2ccccc12. The third kappa shape index (κ3) is 4.09. The first kappa shape index (κ1) is 20.5. The first-order valence-electron chi connectivity index (χ1n) is 9.90. The normalized spacial score (nSPS) is 15.2. The molecule has 1 fully saturated rings. The number of nitrogens with one attached hydrogen (secondary N) is 1. The lowest BCUT2D eigenvalue weighted by Crippen LogP contribution is -2.40. The number of aryl methyl sites for hydroxylation is 1. The molecule has 7 heteroatoms. The molecule has 0 radical (unpaired) electrons. The Morgan fingerprint density at radius 1 is 1.03 bits per heavy atom. The predicted molar refractivity (Wildman–Crippen MR) is 116 cm³/mol. The van der Waals surface area contributed by atoms with Gasteiger partial charge in [0.2, 0.25) is 10.0 Å². The van der Waals surface area contributed by atoms with Gasteiger partial charge in [-0.3, -0.25) is 4.79 Å². The number of morpholine rings is 1. The van der Waals surface area contributed by atoms with Crippen LogP contribution in [0.3, 0.4) is 0 Å². The summed E-state index contributed by atoms with van der Waals surface area (Å²) < 4.78 is 32.5. The number of carbonyl (C=O) groups excluding carboxylic acids is 1. The summed E-state index contributed by atoms with van der Waals surface area (Å²) in [6.07, 6.45) is 0. The van der Waals surface area contributed by atoms with E-state index in [1.54, 1.807) is 19.1 Å². The molecule has 3 aromatic rings. The van der Waals surface area contributed by atoms with E-state index in [9.17, 15) is 13.2 Å². The van der Waals surface area contributed by atoms with E-state index < -0.39 is 10.0 Å². The van der Waals surface area contributed by atoms with Crippen molar-refractivity contribution in [3.8, 4) is 0 Å². The smallest absolute Gasteiger partial charge is 0.251 e. The number of hydrogen-bond acceptors (Lipinski definition) is 4. The van der Waals surface area contributed by atoms with Crippen molar-refractivity contribution in [1.29, 1.82) is 0 Å². The molecule has 0 bridgehead atoms. The summed E-state index contributed by atoms with van der Waals surface area (Å²) in [5.74, 6) is -0.292. The van der Waals surface area contributed by atoms with Gasteiger partial charge in [-0.1, -0.05) is 48.5 Å². The van der Waals surface area contributed by atoms with E-state index in [0.717, 1.165) is 21.9 Å². The number of hydrogen-bond donors (Lipinski definition) is 1. The maximum Gasteiger partial charge on any atom is 0.251 e. The van der Waals surface area contributed by atoms with Crippen LogP contribution >= 0.6 is 0 Å². The van der Waals surface area contributed by atoms with Crippen molar-refractivity contribution in [2.45, 2.75) is 18.4 Å². The molecule has 0 spiro atoms. The number of amides is 1. The molecule has 0 atom stereocenters. The molecule has 0 saturated carbocycles. The average Bonchev–Trinajstić information content (AvgIpc) is 2.78. The maximum atomic E-state index is 12.9. The van der Waals surface area contributed by atoms with Gasteiger partial charge in [-0.05, 0) is 41.0 Å². The summed E-state index contributed by atoms with van der Waals surface area (Å²) >= 11 is 0. The van der Waals surface area contributed by atoms with Gasteiger partial charge in [0.15, 0.2) is 0 Å². The summed E-state index contributed by atoms with van der Waals surface area (Å²) in [4.78, 5) is 13.0. The second-order valence-corrected chi connectivity index (χ2v) is 9.25. The topological polar surface area (TPSA) is 75.7 Å². The van der Waals surface area contributed by atoms with Crippen molar-refractivity contribution < 1.29 is 17.9 Å². The van der Waals surface area contributed by atoms with Crippen molar-refractivity contribution >= 4 is 26.7 Å². The van der Waals surface area contributed by atoms with Crippen LogP contribution in [0, 0.1) is 6.92 Å². The number of fused-ring (bicyclic) bond motifs is 1. The van der Waals surface area contributed by atoms with E-state index in [1.165, 1.54) is 10.4 Å². The lowest BCUT2D eigenvalue weighted by atomic mass is 10.0. The first-order valence-corrected chi connectivity index (χ1v) is 11.3. The van der Waals surface area contributed by atoms with Gasteiger partial charge in [0.05, 0.1) is 18.1 Å². The van der Waals surface area contributed by atoms with Crippen molar-refractivity contribution in [2.24, 2.45) is 0 Å². The lowest BCUT2D eigenvalue weighted by molar-refractivity contribution is 0.0730. The summed E-state index contributed by atoms with van der Waals surface area (Å²) in [7, 11) is -3.66. The number of nitrogens with zero attached hydrogens (tertiary/aromatic N) is 1. The van der Waals surface area contributed by atoms with Crippen molar-refractivity contribution in [2.75, 3.05) is 26.3 Å². The van der Waals surface area contributed by atoms with Crippen molar-refractivity contribution in [3.05, 3.63) is 77.4 Å². The summed E-state index contributed by atoms with van der Waals surface area (Å²) in [6.45, 7) is 3.56. The molecule has 1 N–H and O–H groups in total. The molecule has 0 unspecified atom stereocenters. The van der Waals surface area contributed by atoms with Gasteiger partial charge in [-0.15, -0.1) is 0 Å². The number of ether oxygens (including phenoxy) is 1. The summed E-state index contributed by atoms with van der Waals surface area (Å²) in [5, 5.41) is 5.13. The Morgan fingerprint density at radius 2 is 1.77 bits per heavy atom. The molecule has 6 nitrogen and oxygen atoms in total. The van der Waals surface area contributed by atoms with Crippen LogP contribution in [0.5, 0.6) is 0 Å². The number of carbonyl (C=O) groups is 1. The van der Waals surface area contributed by atoms with Crippen LogP contribution in [-0.2, 0) is 21.3 Å². The van der Waals surface area contributed by atoms with Crippen LogP contribution < -0.4 is 5.32 Å². The van der Waals surface area contributed by atoms with Gasteiger partial charge in [0.1, 0.15) is 0 Å². The molecule has 1 amide bonds. The Kier molecular flexibility index (Phi) is 5.85. The van der Waals surface area contributed by atoms with E-state index in [0.29, 0.717) is 38.4 Å². The number of rotatable bonds is 5. The van der Waals surface area contributed by atoms with Gasteiger partial charge in [0, 0.05) is 25.2 Å². The fourth-order valence-corrected chi connectivity index (χ4v) is 5.09. The Morgan fingerprint density at radius 3 is 2.57 bits per heavy atom. The largest absolute Gasteiger partial charge is 0.379 e. The zero-order chi connectivity index (χ0) is 21.1. The van der Waals surface area contributed by atoms with E-state index in [1.807, 2.05) is 42.5 Å². The molecule has 1 heterocycles.